The molecule has 2 aromatic heterocycles. The first-order valence-electron chi connectivity index (χ1n) is 3.21. The summed E-state index contributed by atoms with van der Waals surface area (Å²) in [5.74, 6) is 0.771. The predicted molar refractivity (Wildman–Crippen MR) is 42.3 cm³/mol. The van der Waals surface area contributed by atoms with Gasteiger partial charge in [0.2, 0.25) is 0 Å². The van der Waals surface area contributed by atoms with Crippen molar-refractivity contribution in [2.75, 3.05) is 0 Å². The average molecular weight is 166 g/mol. The van der Waals surface area contributed by atoms with Crippen molar-refractivity contribution in [3.05, 3.63) is 23.3 Å². The maximum absolute atomic E-state index is 4.83. The van der Waals surface area contributed by atoms with E-state index >= 15 is 0 Å². The fraction of sp³-hybridized carbons (Fsp3) is 0.143. The number of aromatic nitrogens is 2. The summed E-state index contributed by atoms with van der Waals surface area (Å²) in [4.78, 5) is 1.10. The molecule has 0 saturated carbocycles. The Labute approximate surface area is 67.6 Å². The molecule has 11 heavy (non-hydrogen) atoms. The molecule has 0 unspecified atom stereocenters. The topological polar surface area (TPSA) is 38.9 Å². The first-order chi connectivity index (χ1) is 5.38. The van der Waals surface area contributed by atoms with Gasteiger partial charge in [0.25, 0.3) is 0 Å². The highest BCUT2D eigenvalue weighted by molar-refractivity contribution is 7.13. The smallest absolute Gasteiger partial charge is 0.162 e. The van der Waals surface area contributed by atoms with Crippen LogP contribution in [0.2, 0.25) is 0 Å². The normalized spacial score (nSPS) is 10.3. The summed E-state index contributed by atoms with van der Waals surface area (Å²) in [5, 5.41) is 9.31. The lowest BCUT2D eigenvalue weighted by molar-refractivity contribution is 0.374. The minimum Gasteiger partial charge on any atom is -0.342 e. The molecule has 0 fully saturated rings. The molecule has 0 bridgehead atoms. The van der Waals surface area contributed by atoms with Crippen LogP contribution in [0.3, 0.4) is 0 Å². The Bertz CT molecular complexity index is 339. The molecular formula is C7H6N2OS. The third kappa shape index (κ3) is 1.05. The summed E-state index contributed by atoms with van der Waals surface area (Å²) in [7, 11) is 0. The lowest BCUT2D eigenvalue weighted by Gasteiger charge is -1.85. The van der Waals surface area contributed by atoms with E-state index in [1.807, 2.05) is 24.4 Å². The Morgan fingerprint density at radius 2 is 2.45 bits per heavy atom. The van der Waals surface area contributed by atoms with E-state index in [9.17, 15) is 0 Å². The van der Waals surface area contributed by atoms with Gasteiger partial charge in [-0.3, -0.25) is 0 Å². The summed E-state index contributed by atoms with van der Waals surface area (Å²) in [6.45, 7) is 1.86. The zero-order chi connectivity index (χ0) is 7.68. The largest absolute Gasteiger partial charge is 0.342 e. The van der Waals surface area contributed by atoms with E-state index in [1.165, 1.54) is 0 Å². The number of rotatable bonds is 1. The first-order valence-corrected chi connectivity index (χ1v) is 4.09. The molecule has 2 heterocycles. The summed E-state index contributed by atoms with van der Waals surface area (Å²) in [5.41, 5.74) is 0.847. The molecule has 3 nitrogen and oxygen atoms in total. The maximum atomic E-state index is 4.83. The molecule has 0 aromatic carbocycles. The van der Waals surface area contributed by atoms with Gasteiger partial charge in [-0.1, -0.05) is 6.07 Å². The highest BCUT2D eigenvalue weighted by Crippen LogP contribution is 2.24. The third-order valence-electron chi connectivity index (χ3n) is 1.41. The Hall–Kier alpha value is -1.16. The molecule has 56 valence electrons. The van der Waals surface area contributed by atoms with Gasteiger partial charge in [0, 0.05) is 5.27 Å². The van der Waals surface area contributed by atoms with E-state index in [0.717, 1.165) is 16.3 Å². The monoisotopic (exact) mass is 166 g/mol. The van der Waals surface area contributed by atoms with Crippen LogP contribution in [-0.4, -0.2) is 10.4 Å². The third-order valence-corrected chi connectivity index (χ3v) is 2.28. The molecule has 0 spiro atoms. The summed E-state index contributed by atoms with van der Waals surface area (Å²) in [6, 6.07) is 3.98. The Morgan fingerprint density at radius 1 is 1.55 bits per heavy atom. The van der Waals surface area contributed by atoms with Gasteiger partial charge in [-0.25, -0.2) is 0 Å². The second-order valence-corrected chi connectivity index (χ2v) is 3.10. The zero-order valence-corrected chi connectivity index (χ0v) is 6.76. The van der Waals surface area contributed by atoms with Gasteiger partial charge < -0.3 is 4.52 Å². The van der Waals surface area contributed by atoms with Crippen LogP contribution in [0.25, 0.3) is 10.6 Å². The van der Waals surface area contributed by atoms with E-state index in [4.69, 9.17) is 4.52 Å². The van der Waals surface area contributed by atoms with Gasteiger partial charge in [-0.05, 0) is 18.4 Å². The molecule has 0 saturated heterocycles. The van der Waals surface area contributed by atoms with Gasteiger partial charge in [-0.2, -0.15) is 0 Å². The molecule has 0 radical (unpaired) electrons. The molecule has 0 aliphatic rings. The van der Waals surface area contributed by atoms with Crippen LogP contribution in [-0.2, 0) is 0 Å². The van der Waals surface area contributed by atoms with Crippen molar-refractivity contribution in [2.45, 2.75) is 6.92 Å². The van der Waals surface area contributed by atoms with E-state index in [0.29, 0.717) is 0 Å². The second kappa shape index (κ2) is 2.47. The Morgan fingerprint density at radius 3 is 3.00 bits per heavy atom. The Kier molecular flexibility index (Phi) is 1.47. The number of nitrogens with zero attached hydrogens (tertiary/aromatic N) is 2. The van der Waals surface area contributed by atoms with Gasteiger partial charge in [0.15, 0.2) is 5.76 Å². The quantitative estimate of drug-likeness (QED) is 0.651. The van der Waals surface area contributed by atoms with E-state index < -0.39 is 0 Å². The fourth-order valence-corrected chi connectivity index (χ4v) is 1.63. The van der Waals surface area contributed by atoms with Crippen molar-refractivity contribution in [1.29, 1.82) is 0 Å². The highest BCUT2D eigenvalue weighted by atomic mass is 32.1. The van der Waals surface area contributed by atoms with Crippen LogP contribution in [0.4, 0.5) is 0 Å². The van der Waals surface area contributed by atoms with Gasteiger partial charge >= 0.3 is 0 Å². The molecule has 0 aliphatic carbocycles. The lowest BCUT2D eigenvalue weighted by Crippen LogP contribution is -1.73. The standard InChI is InChI=1S/C7H6N2OS/c1-5-7(8-9-10-5)6-3-2-4-11-6/h2-4H,1H3. The van der Waals surface area contributed by atoms with Gasteiger partial charge in [0.1, 0.15) is 5.69 Å². The minimum absolute atomic E-state index is 0.771. The molecule has 4 heteroatoms. The zero-order valence-electron chi connectivity index (χ0n) is 5.94. The van der Waals surface area contributed by atoms with Crippen LogP contribution < -0.4 is 0 Å². The maximum Gasteiger partial charge on any atom is 0.162 e. The molecule has 2 rings (SSSR count). The molecule has 0 N–H and O–H groups in total. The van der Waals surface area contributed by atoms with Crippen LogP contribution >= 0.6 is 11.3 Å². The lowest BCUT2D eigenvalue weighted by atomic mass is 10.3. The number of hydrogen-bond donors (Lipinski definition) is 0. The minimum atomic E-state index is 0.771. The van der Waals surface area contributed by atoms with Crippen LogP contribution in [0, 0.1) is 6.92 Å². The van der Waals surface area contributed by atoms with Crippen molar-refractivity contribution in [3.8, 4) is 10.6 Å². The number of thiophene rings is 1. The fourth-order valence-electron chi connectivity index (χ4n) is 0.872. The second-order valence-electron chi connectivity index (χ2n) is 2.16. The molecular weight excluding hydrogens is 160 g/mol. The molecule has 0 amide bonds. The van der Waals surface area contributed by atoms with Crippen molar-refractivity contribution >= 4 is 11.3 Å². The Balaban J connectivity index is 2.53. The predicted octanol–water partition coefficient (Wildman–Crippen LogP) is 2.11. The van der Waals surface area contributed by atoms with Crippen molar-refractivity contribution in [1.82, 2.24) is 10.4 Å². The van der Waals surface area contributed by atoms with Gasteiger partial charge in [0.05, 0.1) is 4.88 Å². The first kappa shape index (κ1) is 6.54. The van der Waals surface area contributed by atoms with E-state index in [-0.39, 0.29) is 0 Å². The SMILES string of the molecule is Cc1onnc1-c1cccs1. The van der Waals surface area contributed by atoms with Crippen LogP contribution in [0.1, 0.15) is 5.76 Å². The summed E-state index contributed by atoms with van der Waals surface area (Å²) < 4.78 is 4.83. The van der Waals surface area contributed by atoms with Crippen molar-refractivity contribution in [2.24, 2.45) is 0 Å². The van der Waals surface area contributed by atoms with Crippen LogP contribution in [0.5, 0.6) is 0 Å². The van der Waals surface area contributed by atoms with E-state index in [1.54, 1.807) is 11.3 Å². The van der Waals surface area contributed by atoms with Crippen molar-refractivity contribution in [3.63, 3.8) is 0 Å². The van der Waals surface area contributed by atoms with E-state index in [2.05, 4.69) is 10.4 Å². The molecule has 0 aliphatic heterocycles. The van der Waals surface area contributed by atoms with Gasteiger partial charge in [-0.15, -0.1) is 16.4 Å². The highest BCUT2D eigenvalue weighted by Gasteiger charge is 2.07. The molecule has 2 aromatic rings. The van der Waals surface area contributed by atoms with Crippen LogP contribution in [0.15, 0.2) is 22.0 Å². The number of hydrogen-bond acceptors (Lipinski definition) is 4. The molecule has 0 atom stereocenters. The summed E-state index contributed by atoms with van der Waals surface area (Å²) in [6.07, 6.45) is 0. The number of aryl methyl sites for hydroxylation is 1. The summed E-state index contributed by atoms with van der Waals surface area (Å²) >= 11 is 1.63. The van der Waals surface area contributed by atoms with Crippen molar-refractivity contribution < 1.29 is 4.52 Å². The average Bonchev–Trinajstić information content (AvgIpc) is 2.55.